The van der Waals surface area contributed by atoms with Gasteiger partial charge < -0.3 is 5.32 Å². The number of hydrazine groups is 1. The molecule has 1 atom stereocenters. The molecule has 0 saturated heterocycles. The Hall–Kier alpha value is -2.73. The summed E-state index contributed by atoms with van der Waals surface area (Å²) in [6.45, 7) is 2.15. The molecule has 0 bridgehead atoms. The predicted octanol–water partition coefficient (Wildman–Crippen LogP) is 3.71. The van der Waals surface area contributed by atoms with Crippen LogP contribution in [0.25, 0.3) is 0 Å². The van der Waals surface area contributed by atoms with Gasteiger partial charge in [-0.05, 0) is 41.8 Å². The molecule has 2 aromatic rings. The van der Waals surface area contributed by atoms with Crippen molar-refractivity contribution in [3.63, 3.8) is 0 Å². The first-order valence-electron chi connectivity index (χ1n) is 8.06. The van der Waals surface area contributed by atoms with Gasteiger partial charge in [-0.15, -0.1) is 5.11 Å². The molecule has 1 aliphatic heterocycles. The quantitative estimate of drug-likeness (QED) is 0.881. The Morgan fingerprint density at radius 1 is 1.17 bits per heavy atom. The van der Waals surface area contributed by atoms with E-state index in [0.717, 1.165) is 24.1 Å². The molecule has 124 valence electrons. The molecular formula is C18H21N5O. The molecule has 0 aliphatic carbocycles. The minimum Gasteiger partial charge on any atom is -0.322 e. The van der Waals surface area contributed by atoms with Gasteiger partial charge in [-0.1, -0.05) is 42.8 Å². The third-order valence-corrected chi connectivity index (χ3v) is 3.96. The first-order valence-corrected chi connectivity index (χ1v) is 8.06. The minimum absolute atomic E-state index is 0.121. The van der Waals surface area contributed by atoms with Crippen LogP contribution >= 0.6 is 0 Å². The van der Waals surface area contributed by atoms with E-state index in [9.17, 15) is 4.79 Å². The van der Waals surface area contributed by atoms with Gasteiger partial charge in [-0.3, -0.25) is 4.79 Å². The van der Waals surface area contributed by atoms with E-state index in [1.54, 1.807) is 17.1 Å². The highest BCUT2D eigenvalue weighted by molar-refractivity contribution is 6.04. The Kier molecular flexibility index (Phi) is 4.86. The highest BCUT2D eigenvalue weighted by Crippen LogP contribution is 2.23. The summed E-state index contributed by atoms with van der Waals surface area (Å²) in [6.07, 6.45) is 2.01. The third kappa shape index (κ3) is 3.60. The summed E-state index contributed by atoms with van der Waals surface area (Å²) >= 11 is 0. The molecule has 6 nitrogen and oxygen atoms in total. The normalized spacial score (nSPS) is 16.8. The van der Waals surface area contributed by atoms with Crippen molar-refractivity contribution in [2.24, 2.45) is 10.3 Å². The molecule has 0 aromatic heterocycles. The number of carbonyl (C=O) groups excluding carboxylic acids is 1. The predicted molar refractivity (Wildman–Crippen MR) is 93.3 cm³/mol. The van der Waals surface area contributed by atoms with Crippen LogP contribution in [-0.4, -0.2) is 18.0 Å². The van der Waals surface area contributed by atoms with Gasteiger partial charge >= 0.3 is 0 Å². The van der Waals surface area contributed by atoms with Crippen LogP contribution in [0.3, 0.4) is 0 Å². The maximum Gasteiger partial charge on any atom is 0.255 e. The fraction of sp³-hybridized carbons (Fsp3) is 0.278. The second-order valence-electron chi connectivity index (χ2n) is 5.82. The summed E-state index contributed by atoms with van der Waals surface area (Å²) in [4.78, 5) is 12.3. The zero-order chi connectivity index (χ0) is 16.9. The Morgan fingerprint density at radius 2 is 1.88 bits per heavy atom. The molecule has 6 heteroatoms. The Morgan fingerprint density at radius 3 is 2.46 bits per heavy atom. The highest BCUT2D eigenvalue weighted by atomic mass is 16.1. The van der Waals surface area contributed by atoms with Gasteiger partial charge in [0.1, 0.15) is 0 Å². The number of aryl methyl sites for hydroxylation is 1. The maximum absolute atomic E-state index is 12.3. The van der Waals surface area contributed by atoms with Gasteiger partial charge in [0, 0.05) is 18.3 Å². The van der Waals surface area contributed by atoms with Crippen LogP contribution in [0.2, 0.25) is 0 Å². The second-order valence-corrected chi connectivity index (χ2v) is 5.82. The summed E-state index contributed by atoms with van der Waals surface area (Å²) in [5, 5.41) is 12.6. The number of amides is 1. The van der Waals surface area contributed by atoms with Gasteiger partial charge in [0.15, 0.2) is 6.17 Å². The molecule has 0 spiro atoms. The Balaban J connectivity index is 1.65. The minimum atomic E-state index is -0.159. The molecular weight excluding hydrogens is 302 g/mol. The van der Waals surface area contributed by atoms with E-state index in [1.165, 1.54) is 5.56 Å². The number of benzene rings is 2. The first-order chi connectivity index (χ1) is 11.7. The van der Waals surface area contributed by atoms with Crippen LogP contribution in [0.15, 0.2) is 58.9 Å². The topological polar surface area (TPSA) is 69.1 Å². The van der Waals surface area contributed by atoms with Crippen molar-refractivity contribution in [2.45, 2.75) is 25.9 Å². The van der Waals surface area contributed by atoms with E-state index in [0.29, 0.717) is 5.56 Å². The van der Waals surface area contributed by atoms with Gasteiger partial charge in [-0.25, -0.2) is 5.53 Å². The van der Waals surface area contributed by atoms with E-state index >= 15 is 0 Å². The maximum atomic E-state index is 12.3. The van der Waals surface area contributed by atoms with Gasteiger partial charge in [0.25, 0.3) is 5.91 Å². The molecule has 0 fully saturated rings. The Bertz CT molecular complexity index is 724. The van der Waals surface area contributed by atoms with Crippen LogP contribution in [0.1, 0.15) is 41.0 Å². The highest BCUT2D eigenvalue weighted by Gasteiger charge is 2.20. The second kappa shape index (κ2) is 7.23. The van der Waals surface area contributed by atoms with Crippen molar-refractivity contribution < 1.29 is 4.79 Å². The molecule has 1 unspecified atom stereocenters. The average molecular weight is 323 g/mol. The van der Waals surface area contributed by atoms with Gasteiger partial charge in [0.05, 0.1) is 0 Å². The van der Waals surface area contributed by atoms with E-state index in [1.807, 2.05) is 31.3 Å². The number of hydrogen-bond acceptors (Lipinski definition) is 5. The van der Waals surface area contributed by atoms with Crippen molar-refractivity contribution in [3.8, 4) is 0 Å². The smallest absolute Gasteiger partial charge is 0.255 e. The zero-order valence-electron chi connectivity index (χ0n) is 13.9. The molecule has 3 rings (SSSR count). The lowest BCUT2D eigenvalue weighted by Gasteiger charge is -2.15. The van der Waals surface area contributed by atoms with Crippen molar-refractivity contribution in [2.75, 3.05) is 12.4 Å². The number of rotatable bonds is 5. The van der Waals surface area contributed by atoms with Gasteiger partial charge in [0.2, 0.25) is 0 Å². The van der Waals surface area contributed by atoms with Crippen molar-refractivity contribution in [1.82, 2.24) is 10.5 Å². The molecule has 1 aliphatic rings. The van der Waals surface area contributed by atoms with Gasteiger partial charge in [-0.2, -0.15) is 5.01 Å². The molecule has 2 N–H and O–H groups in total. The summed E-state index contributed by atoms with van der Waals surface area (Å²) < 4.78 is 0. The SMILES string of the molecule is CCCc1ccc(NC(=O)c2ccc(C3N=NNN3C)cc2)cc1. The van der Waals surface area contributed by atoms with E-state index in [4.69, 9.17) is 0 Å². The van der Waals surface area contributed by atoms with Crippen molar-refractivity contribution >= 4 is 11.6 Å². The largest absolute Gasteiger partial charge is 0.322 e. The molecule has 1 heterocycles. The summed E-state index contributed by atoms with van der Waals surface area (Å²) in [5.74, 6) is -0.121. The zero-order valence-corrected chi connectivity index (χ0v) is 13.9. The number of hydrogen-bond donors (Lipinski definition) is 2. The van der Waals surface area contributed by atoms with Crippen molar-refractivity contribution in [3.05, 3.63) is 65.2 Å². The van der Waals surface area contributed by atoms with Crippen LogP contribution in [0.5, 0.6) is 0 Å². The molecule has 24 heavy (non-hydrogen) atoms. The lowest BCUT2D eigenvalue weighted by Crippen LogP contribution is -2.27. The third-order valence-electron chi connectivity index (χ3n) is 3.96. The van der Waals surface area contributed by atoms with E-state index < -0.39 is 0 Å². The molecule has 0 saturated carbocycles. The average Bonchev–Trinajstić information content (AvgIpc) is 3.03. The number of nitrogens with zero attached hydrogens (tertiary/aromatic N) is 3. The van der Waals surface area contributed by atoms with Crippen molar-refractivity contribution in [1.29, 1.82) is 0 Å². The molecule has 1 amide bonds. The van der Waals surface area contributed by atoms with Crippen LogP contribution in [0.4, 0.5) is 5.69 Å². The monoisotopic (exact) mass is 323 g/mol. The van der Waals surface area contributed by atoms with Crippen LogP contribution in [0, 0.1) is 0 Å². The van der Waals surface area contributed by atoms with E-state index in [-0.39, 0.29) is 12.1 Å². The molecule has 2 aromatic carbocycles. The lowest BCUT2D eigenvalue weighted by molar-refractivity contribution is 0.102. The number of carbonyl (C=O) groups is 1. The summed E-state index contributed by atoms with van der Waals surface area (Å²) in [7, 11) is 1.87. The summed E-state index contributed by atoms with van der Waals surface area (Å²) in [6, 6.07) is 15.4. The van der Waals surface area contributed by atoms with Crippen LogP contribution < -0.4 is 10.9 Å². The Labute approximate surface area is 141 Å². The number of anilines is 1. The van der Waals surface area contributed by atoms with Crippen LogP contribution in [-0.2, 0) is 6.42 Å². The fourth-order valence-corrected chi connectivity index (χ4v) is 2.63. The first kappa shape index (κ1) is 16.1. The standard InChI is InChI=1S/C18H21N5O/c1-3-4-13-5-11-16(12-6-13)19-18(24)15-9-7-14(8-10-15)17-20-21-22-23(17)2/h5-12,17H,3-4H2,1-2H3,(H,19,24)(H,20,22). The fourth-order valence-electron chi connectivity index (χ4n) is 2.63. The molecule has 0 radical (unpaired) electrons. The van der Waals surface area contributed by atoms with E-state index in [2.05, 4.69) is 40.2 Å². The summed E-state index contributed by atoms with van der Waals surface area (Å²) in [5.41, 5.74) is 6.44. The number of nitrogens with one attached hydrogen (secondary N) is 2. The lowest BCUT2D eigenvalue weighted by atomic mass is 10.1.